The number of hydrogen-bond acceptors (Lipinski definition) is 4. The molecular formula is C22H23F3O4. The summed E-state index contributed by atoms with van der Waals surface area (Å²) >= 11 is 0. The lowest BCUT2D eigenvalue weighted by molar-refractivity contribution is -0.204. The maximum Gasteiger partial charge on any atom is 0.432 e. The van der Waals surface area contributed by atoms with Gasteiger partial charge in [0.15, 0.2) is 5.78 Å². The second kappa shape index (κ2) is 10.6. The van der Waals surface area contributed by atoms with E-state index in [1.165, 1.54) is 24.3 Å². The van der Waals surface area contributed by atoms with Crippen LogP contribution in [0.25, 0.3) is 0 Å². The lowest BCUT2D eigenvalue weighted by Gasteiger charge is -2.19. The number of ketones is 1. The molecule has 0 spiro atoms. The molecular weight excluding hydrogens is 385 g/mol. The number of halogens is 3. The van der Waals surface area contributed by atoms with E-state index in [4.69, 9.17) is 4.74 Å². The molecule has 0 saturated carbocycles. The third-order valence-corrected chi connectivity index (χ3v) is 4.18. The molecule has 1 unspecified atom stereocenters. The largest absolute Gasteiger partial charge is 0.489 e. The van der Waals surface area contributed by atoms with Gasteiger partial charge >= 0.3 is 12.1 Å². The van der Waals surface area contributed by atoms with Crippen molar-refractivity contribution < 1.29 is 32.2 Å². The minimum Gasteiger partial charge on any atom is -0.489 e. The first-order chi connectivity index (χ1) is 13.8. The van der Waals surface area contributed by atoms with Crippen molar-refractivity contribution >= 4 is 11.8 Å². The molecule has 0 bridgehead atoms. The number of carbonyl (C=O) groups excluding carboxylic acids is 2. The van der Waals surface area contributed by atoms with Crippen molar-refractivity contribution in [2.75, 3.05) is 0 Å². The molecule has 0 aliphatic rings. The van der Waals surface area contributed by atoms with Crippen LogP contribution >= 0.6 is 0 Å². The second-order valence-electron chi connectivity index (χ2n) is 6.55. The van der Waals surface area contributed by atoms with Gasteiger partial charge in [-0.3, -0.25) is 4.79 Å². The fourth-order valence-corrected chi connectivity index (χ4v) is 2.60. The summed E-state index contributed by atoms with van der Waals surface area (Å²) < 4.78 is 49.6. The average Bonchev–Trinajstić information content (AvgIpc) is 2.70. The van der Waals surface area contributed by atoms with E-state index in [-0.39, 0.29) is 12.0 Å². The van der Waals surface area contributed by atoms with Gasteiger partial charge in [0.1, 0.15) is 12.4 Å². The Kier molecular flexibility index (Phi) is 8.24. The summed E-state index contributed by atoms with van der Waals surface area (Å²) in [7, 11) is 0. The van der Waals surface area contributed by atoms with Crippen LogP contribution in [-0.2, 0) is 16.1 Å². The molecule has 156 valence electrons. The highest BCUT2D eigenvalue weighted by Gasteiger charge is 2.47. The first-order valence-electron chi connectivity index (χ1n) is 9.38. The SMILES string of the molecule is CCCCCC(=O)C(OC(=O)c1ccc(OCc2ccccc2)cc1)C(F)(F)F. The second-order valence-corrected chi connectivity index (χ2v) is 6.55. The quantitative estimate of drug-likeness (QED) is 0.385. The molecule has 0 amide bonds. The van der Waals surface area contributed by atoms with Crippen LogP contribution in [0.1, 0.15) is 48.5 Å². The Morgan fingerprint density at radius 3 is 2.21 bits per heavy atom. The van der Waals surface area contributed by atoms with Crippen molar-refractivity contribution in [2.24, 2.45) is 0 Å². The van der Waals surface area contributed by atoms with E-state index in [9.17, 15) is 22.8 Å². The Morgan fingerprint density at radius 2 is 1.62 bits per heavy atom. The monoisotopic (exact) mass is 408 g/mol. The van der Waals surface area contributed by atoms with Gasteiger partial charge in [-0.05, 0) is 36.2 Å². The predicted molar refractivity (Wildman–Crippen MR) is 102 cm³/mol. The van der Waals surface area contributed by atoms with Crippen molar-refractivity contribution in [2.45, 2.75) is 51.5 Å². The Balaban J connectivity index is 1.97. The lowest BCUT2D eigenvalue weighted by atomic mass is 10.1. The number of hydrogen-bond donors (Lipinski definition) is 0. The van der Waals surface area contributed by atoms with E-state index in [1.54, 1.807) is 0 Å². The van der Waals surface area contributed by atoms with E-state index in [0.717, 1.165) is 12.0 Å². The number of unbranched alkanes of at least 4 members (excludes halogenated alkanes) is 2. The Hall–Kier alpha value is -2.83. The number of benzene rings is 2. The third-order valence-electron chi connectivity index (χ3n) is 4.18. The van der Waals surface area contributed by atoms with Crippen molar-refractivity contribution in [3.63, 3.8) is 0 Å². The molecule has 0 fully saturated rings. The van der Waals surface area contributed by atoms with Gasteiger partial charge in [-0.15, -0.1) is 0 Å². The van der Waals surface area contributed by atoms with Crippen LogP contribution in [-0.4, -0.2) is 24.0 Å². The molecule has 1 atom stereocenters. The summed E-state index contributed by atoms with van der Waals surface area (Å²) in [6.07, 6.45) is -6.25. The molecule has 0 aromatic heterocycles. The zero-order valence-corrected chi connectivity index (χ0v) is 16.1. The summed E-state index contributed by atoms with van der Waals surface area (Å²) in [6, 6.07) is 14.9. The van der Waals surface area contributed by atoms with E-state index >= 15 is 0 Å². The molecule has 0 aliphatic carbocycles. The zero-order chi connectivity index (χ0) is 21.3. The van der Waals surface area contributed by atoms with Gasteiger partial charge < -0.3 is 9.47 Å². The number of Topliss-reactive ketones (excluding diaryl/α,β-unsaturated/α-hetero) is 1. The molecule has 0 radical (unpaired) electrons. The Bertz CT molecular complexity index is 786. The van der Waals surface area contributed by atoms with Crippen LogP contribution in [0.2, 0.25) is 0 Å². The van der Waals surface area contributed by atoms with Gasteiger partial charge in [0.25, 0.3) is 6.10 Å². The van der Waals surface area contributed by atoms with Crippen LogP contribution in [0.15, 0.2) is 54.6 Å². The Morgan fingerprint density at radius 1 is 0.966 bits per heavy atom. The van der Waals surface area contributed by atoms with E-state index < -0.39 is 24.0 Å². The van der Waals surface area contributed by atoms with Crippen LogP contribution < -0.4 is 4.74 Å². The van der Waals surface area contributed by atoms with Crippen LogP contribution in [0, 0.1) is 0 Å². The minimum atomic E-state index is -4.95. The fraction of sp³-hybridized carbons (Fsp3) is 0.364. The maximum atomic E-state index is 13.2. The number of alkyl halides is 3. The standard InChI is InChI=1S/C22H23F3O4/c1-2-3-5-10-19(26)20(22(23,24)25)29-21(27)17-11-13-18(14-12-17)28-15-16-8-6-4-7-9-16/h4,6-9,11-14,20H,2-3,5,10,15H2,1H3. The third kappa shape index (κ3) is 7.25. The van der Waals surface area contributed by atoms with E-state index in [2.05, 4.69) is 4.74 Å². The highest BCUT2D eigenvalue weighted by molar-refractivity contribution is 5.93. The summed E-state index contributed by atoms with van der Waals surface area (Å²) in [6.45, 7) is 2.19. The number of carbonyl (C=O) groups is 2. The first-order valence-corrected chi connectivity index (χ1v) is 9.38. The topological polar surface area (TPSA) is 52.6 Å². The van der Waals surface area contributed by atoms with Crippen LogP contribution in [0.4, 0.5) is 13.2 Å². The van der Waals surface area contributed by atoms with Gasteiger partial charge in [0.05, 0.1) is 5.56 Å². The van der Waals surface area contributed by atoms with E-state index in [0.29, 0.717) is 25.2 Å². The summed E-state index contributed by atoms with van der Waals surface area (Å²) in [5.41, 5.74) is 0.859. The summed E-state index contributed by atoms with van der Waals surface area (Å²) in [4.78, 5) is 24.0. The van der Waals surface area contributed by atoms with Crippen molar-refractivity contribution in [3.8, 4) is 5.75 Å². The van der Waals surface area contributed by atoms with Crippen LogP contribution in [0.3, 0.4) is 0 Å². The maximum absolute atomic E-state index is 13.2. The first kappa shape index (κ1) is 22.5. The zero-order valence-electron chi connectivity index (χ0n) is 16.1. The average molecular weight is 408 g/mol. The smallest absolute Gasteiger partial charge is 0.432 e. The van der Waals surface area contributed by atoms with Crippen molar-refractivity contribution in [1.29, 1.82) is 0 Å². The molecule has 0 aliphatic heterocycles. The number of ether oxygens (including phenoxy) is 2. The molecule has 29 heavy (non-hydrogen) atoms. The molecule has 4 nitrogen and oxygen atoms in total. The molecule has 0 saturated heterocycles. The lowest BCUT2D eigenvalue weighted by Crippen LogP contribution is -2.40. The van der Waals surface area contributed by atoms with Gasteiger partial charge in [-0.25, -0.2) is 4.79 Å². The summed E-state index contributed by atoms with van der Waals surface area (Å²) in [5.74, 6) is -1.89. The number of esters is 1. The summed E-state index contributed by atoms with van der Waals surface area (Å²) in [5, 5.41) is 0. The normalized spacial score (nSPS) is 12.3. The van der Waals surface area contributed by atoms with Gasteiger partial charge in [-0.2, -0.15) is 13.2 Å². The molecule has 7 heteroatoms. The van der Waals surface area contributed by atoms with Crippen LogP contribution in [0.5, 0.6) is 5.75 Å². The molecule has 0 heterocycles. The fourth-order valence-electron chi connectivity index (χ4n) is 2.60. The van der Waals surface area contributed by atoms with Gasteiger partial charge in [0.2, 0.25) is 0 Å². The van der Waals surface area contributed by atoms with Crippen molar-refractivity contribution in [3.05, 3.63) is 65.7 Å². The minimum absolute atomic E-state index is 0.0901. The van der Waals surface area contributed by atoms with E-state index in [1.807, 2.05) is 37.3 Å². The van der Waals surface area contributed by atoms with Gasteiger partial charge in [0, 0.05) is 6.42 Å². The highest BCUT2D eigenvalue weighted by atomic mass is 19.4. The predicted octanol–water partition coefficient (Wildman–Crippen LogP) is 5.50. The molecule has 2 rings (SSSR count). The van der Waals surface area contributed by atoms with Gasteiger partial charge in [-0.1, -0.05) is 50.1 Å². The Labute approximate surface area is 167 Å². The highest BCUT2D eigenvalue weighted by Crippen LogP contribution is 2.26. The number of rotatable bonds is 10. The molecule has 2 aromatic carbocycles. The van der Waals surface area contributed by atoms with Crippen molar-refractivity contribution in [1.82, 2.24) is 0 Å². The molecule has 2 aromatic rings. The molecule has 0 N–H and O–H groups in total.